The lowest BCUT2D eigenvalue weighted by Gasteiger charge is -2.35. The van der Waals surface area contributed by atoms with Crippen LogP contribution in [0.1, 0.15) is 27.6 Å². The molecule has 7 nitrogen and oxygen atoms in total. The lowest BCUT2D eigenvalue weighted by molar-refractivity contribution is -0.119. The molecule has 3 rings (SSSR count). The summed E-state index contributed by atoms with van der Waals surface area (Å²) in [6.07, 6.45) is 0.693. The van der Waals surface area contributed by atoms with E-state index in [9.17, 15) is 14.4 Å². The average molecular weight is 395 g/mol. The van der Waals surface area contributed by atoms with E-state index in [1.54, 1.807) is 0 Å². The number of esters is 1. The first-order chi connectivity index (χ1) is 14.1. The number of carbonyl (C=O) groups is 3. The maximum absolute atomic E-state index is 12.1. The predicted molar refractivity (Wildman–Crippen MR) is 112 cm³/mol. The highest BCUT2D eigenvalue weighted by Crippen LogP contribution is 2.19. The Labute approximate surface area is 170 Å². The van der Waals surface area contributed by atoms with Crippen molar-refractivity contribution in [3.05, 3.63) is 59.7 Å². The molecule has 7 heteroatoms. The summed E-state index contributed by atoms with van der Waals surface area (Å²) in [4.78, 5) is 39.4. The third-order valence-electron chi connectivity index (χ3n) is 4.95. The fourth-order valence-corrected chi connectivity index (χ4v) is 3.19. The maximum atomic E-state index is 12.1. The number of hydrogen-bond donors (Lipinski definition) is 1. The van der Waals surface area contributed by atoms with E-state index in [-0.39, 0.29) is 12.2 Å². The van der Waals surface area contributed by atoms with Crippen LogP contribution >= 0.6 is 0 Å². The molecular weight excluding hydrogens is 370 g/mol. The van der Waals surface area contributed by atoms with Crippen molar-refractivity contribution in [2.45, 2.75) is 6.92 Å². The number of hydrogen-bond acceptors (Lipinski definition) is 6. The summed E-state index contributed by atoms with van der Waals surface area (Å²) in [6, 6.07) is 13.7. The van der Waals surface area contributed by atoms with Crippen LogP contribution in [0.5, 0.6) is 0 Å². The first-order valence-corrected chi connectivity index (χ1v) is 9.68. The third-order valence-corrected chi connectivity index (χ3v) is 4.95. The first-order valence-electron chi connectivity index (χ1n) is 9.68. The number of nitrogens with zero attached hydrogens (tertiary/aromatic N) is 2. The van der Waals surface area contributed by atoms with E-state index in [1.807, 2.05) is 24.3 Å². The van der Waals surface area contributed by atoms with Gasteiger partial charge in [0.15, 0.2) is 6.61 Å². The highest BCUT2D eigenvalue weighted by molar-refractivity contribution is 5.95. The summed E-state index contributed by atoms with van der Waals surface area (Å²) >= 11 is 0. The zero-order chi connectivity index (χ0) is 20.6. The van der Waals surface area contributed by atoms with E-state index in [4.69, 9.17) is 4.74 Å². The van der Waals surface area contributed by atoms with Crippen LogP contribution in [-0.2, 0) is 9.53 Å². The Kier molecular flexibility index (Phi) is 6.97. The SMILES string of the molecule is CCN1CCN(c2ccc(NC(=O)COC(=O)c3ccc(C=O)cc3)cc2)CC1. The van der Waals surface area contributed by atoms with Crippen LogP contribution in [0.2, 0.25) is 0 Å². The van der Waals surface area contributed by atoms with Crippen molar-refractivity contribution in [3.8, 4) is 0 Å². The topological polar surface area (TPSA) is 79.0 Å². The van der Waals surface area contributed by atoms with Crippen LogP contribution in [0.4, 0.5) is 11.4 Å². The number of aldehydes is 1. The molecule has 152 valence electrons. The van der Waals surface area contributed by atoms with Gasteiger partial charge >= 0.3 is 5.97 Å². The Hall–Kier alpha value is -3.19. The van der Waals surface area contributed by atoms with Crippen LogP contribution in [0, 0.1) is 0 Å². The quantitative estimate of drug-likeness (QED) is 0.573. The van der Waals surface area contributed by atoms with Gasteiger partial charge in [-0.1, -0.05) is 19.1 Å². The molecule has 0 aromatic heterocycles. The van der Waals surface area contributed by atoms with Crippen molar-refractivity contribution < 1.29 is 19.1 Å². The lowest BCUT2D eigenvalue weighted by atomic mass is 10.1. The molecule has 1 heterocycles. The number of benzene rings is 2. The normalized spacial score (nSPS) is 14.3. The van der Waals surface area contributed by atoms with Gasteiger partial charge in [-0.2, -0.15) is 0 Å². The van der Waals surface area contributed by atoms with Gasteiger partial charge in [-0.3, -0.25) is 9.59 Å². The van der Waals surface area contributed by atoms with Gasteiger partial charge in [-0.15, -0.1) is 0 Å². The van der Waals surface area contributed by atoms with E-state index in [1.165, 1.54) is 24.3 Å². The Morgan fingerprint density at radius 3 is 2.24 bits per heavy atom. The number of rotatable bonds is 7. The average Bonchev–Trinajstić information content (AvgIpc) is 2.78. The van der Waals surface area contributed by atoms with Crippen LogP contribution in [0.3, 0.4) is 0 Å². The van der Waals surface area contributed by atoms with Crippen molar-refractivity contribution >= 4 is 29.5 Å². The van der Waals surface area contributed by atoms with E-state index < -0.39 is 11.9 Å². The molecule has 1 saturated heterocycles. The molecule has 2 aromatic carbocycles. The third kappa shape index (κ3) is 5.65. The van der Waals surface area contributed by atoms with Gasteiger partial charge in [0.1, 0.15) is 6.29 Å². The van der Waals surface area contributed by atoms with Gasteiger partial charge in [-0.25, -0.2) is 4.79 Å². The van der Waals surface area contributed by atoms with Gasteiger partial charge < -0.3 is 19.9 Å². The van der Waals surface area contributed by atoms with E-state index >= 15 is 0 Å². The van der Waals surface area contributed by atoms with E-state index in [0.29, 0.717) is 17.5 Å². The number of nitrogens with one attached hydrogen (secondary N) is 1. The standard InChI is InChI=1S/C22H25N3O4/c1-2-24-11-13-25(14-12-24)20-9-7-19(8-10-20)23-21(27)16-29-22(28)18-5-3-17(15-26)4-6-18/h3-10,15H,2,11-14,16H2,1H3,(H,23,27). The molecule has 1 fully saturated rings. The molecular formula is C22H25N3O4. The molecule has 0 aliphatic carbocycles. The monoisotopic (exact) mass is 395 g/mol. The van der Waals surface area contributed by atoms with Crippen molar-refractivity contribution in [3.63, 3.8) is 0 Å². The lowest BCUT2D eigenvalue weighted by Crippen LogP contribution is -2.46. The summed E-state index contributed by atoms with van der Waals surface area (Å²) in [5.41, 5.74) is 2.53. The van der Waals surface area contributed by atoms with Crippen molar-refractivity contribution in [1.82, 2.24) is 4.90 Å². The fraction of sp³-hybridized carbons (Fsp3) is 0.318. The number of piperazine rings is 1. The minimum Gasteiger partial charge on any atom is -0.452 e. The van der Waals surface area contributed by atoms with Gasteiger partial charge in [0.2, 0.25) is 0 Å². The fourth-order valence-electron chi connectivity index (χ4n) is 3.19. The zero-order valence-corrected chi connectivity index (χ0v) is 16.5. The van der Waals surface area contributed by atoms with E-state index in [0.717, 1.165) is 38.4 Å². The molecule has 0 bridgehead atoms. The first kappa shape index (κ1) is 20.5. The summed E-state index contributed by atoms with van der Waals surface area (Å²) < 4.78 is 5.02. The number of carbonyl (C=O) groups excluding carboxylic acids is 3. The maximum Gasteiger partial charge on any atom is 0.338 e. The van der Waals surface area contributed by atoms with Gasteiger partial charge in [0.05, 0.1) is 5.56 Å². The number of likely N-dealkylation sites (N-methyl/N-ethyl adjacent to an activating group) is 1. The molecule has 0 unspecified atom stereocenters. The second-order valence-electron chi connectivity index (χ2n) is 6.83. The van der Waals surface area contributed by atoms with Crippen molar-refractivity contribution in [1.29, 1.82) is 0 Å². The summed E-state index contributed by atoms with van der Waals surface area (Å²) in [5, 5.41) is 2.72. The Morgan fingerprint density at radius 1 is 1.00 bits per heavy atom. The van der Waals surface area contributed by atoms with Gasteiger partial charge in [0.25, 0.3) is 5.91 Å². The Bertz CT molecular complexity index is 841. The van der Waals surface area contributed by atoms with Crippen molar-refractivity contribution in [2.24, 2.45) is 0 Å². The molecule has 1 amide bonds. The molecule has 1 aliphatic heterocycles. The van der Waals surface area contributed by atoms with Gasteiger partial charge in [0, 0.05) is 43.1 Å². The molecule has 1 N–H and O–H groups in total. The summed E-state index contributed by atoms with van der Waals surface area (Å²) in [5.74, 6) is -1.02. The number of amides is 1. The van der Waals surface area contributed by atoms with Crippen LogP contribution in [0.15, 0.2) is 48.5 Å². The van der Waals surface area contributed by atoms with Crippen LogP contribution < -0.4 is 10.2 Å². The highest BCUT2D eigenvalue weighted by atomic mass is 16.5. The summed E-state index contributed by atoms with van der Waals surface area (Å²) in [7, 11) is 0. The Morgan fingerprint density at radius 2 is 1.66 bits per heavy atom. The molecule has 0 saturated carbocycles. The van der Waals surface area contributed by atoms with Crippen molar-refractivity contribution in [2.75, 3.05) is 49.5 Å². The molecule has 0 atom stereocenters. The minimum atomic E-state index is -0.612. The predicted octanol–water partition coefficient (Wildman–Crippen LogP) is 2.44. The smallest absolute Gasteiger partial charge is 0.338 e. The number of anilines is 2. The summed E-state index contributed by atoms with van der Waals surface area (Å²) in [6.45, 7) is 6.96. The van der Waals surface area contributed by atoms with Gasteiger partial charge in [-0.05, 0) is 42.9 Å². The molecule has 2 aromatic rings. The minimum absolute atomic E-state index is 0.288. The second-order valence-corrected chi connectivity index (χ2v) is 6.83. The number of ether oxygens (including phenoxy) is 1. The molecule has 29 heavy (non-hydrogen) atoms. The largest absolute Gasteiger partial charge is 0.452 e. The molecule has 0 spiro atoms. The Balaban J connectivity index is 1.46. The van der Waals surface area contributed by atoms with Crippen LogP contribution in [-0.4, -0.2) is 62.4 Å². The zero-order valence-electron chi connectivity index (χ0n) is 16.5. The second kappa shape index (κ2) is 9.84. The molecule has 1 aliphatic rings. The highest BCUT2D eigenvalue weighted by Gasteiger charge is 2.16. The molecule has 0 radical (unpaired) electrons. The van der Waals surface area contributed by atoms with Crippen LogP contribution in [0.25, 0.3) is 0 Å². The van der Waals surface area contributed by atoms with E-state index in [2.05, 4.69) is 22.0 Å².